The average molecular weight is 354 g/mol. The summed E-state index contributed by atoms with van der Waals surface area (Å²) < 4.78 is 2.11. The number of amides is 3. The van der Waals surface area contributed by atoms with Crippen LogP contribution in [0.2, 0.25) is 0 Å². The third kappa shape index (κ3) is 3.90. The maximum absolute atomic E-state index is 12.6. The fraction of sp³-hybridized carbons (Fsp3) is 0.400. The van der Waals surface area contributed by atoms with Crippen LogP contribution in [0.25, 0.3) is 0 Å². The monoisotopic (exact) mass is 354 g/mol. The molecule has 3 amide bonds. The Hall–Kier alpha value is -2.76. The summed E-state index contributed by atoms with van der Waals surface area (Å²) in [6.07, 6.45) is 0.420. The van der Waals surface area contributed by atoms with Gasteiger partial charge in [0.25, 0.3) is 0 Å². The van der Waals surface area contributed by atoms with Gasteiger partial charge in [0.1, 0.15) is 0 Å². The van der Waals surface area contributed by atoms with E-state index in [0.717, 1.165) is 22.6 Å². The number of hydrogen-bond acceptors (Lipinski definition) is 2. The Bertz CT molecular complexity index is 790. The zero-order valence-electron chi connectivity index (χ0n) is 15.7. The molecule has 0 saturated carbocycles. The number of urea groups is 1. The molecule has 1 aromatic carbocycles. The lowest BCUT2D eigenvalue weighted by atomic mass is 10.1. The third-order valence-corrected chi connectivity index (χ3v) is 5.17. The van der Waals surface area contributed by atoms with Crippen molar-refractivity contribution in [3.8, 4) is 0 Å². The molecule has 1 aromatic heterocycles. The van der Waals surface area contributed by atoms with E-state index in [9.17, 15) is 9.59 Å². The van der Waals surface area contributed by atoms with Gasteiger partial charge in [0.15, 0.2) is 0 Å². The zero-order valence-corrected chi connectivity index (χ0v) is 15.7. The van der Waals surface area contributed by atoms with E-state index >= 15 is 0 Å². The van der Waals surface area contributed by atoms with Gasteiger partial charge >= 0.3 is 6.03 Å². The van der Waals surface area contributed by atoms with Crippen LogP contribution in [0.4, 0.5) is 10.5 Å². The van der Waals surface area contributed by atoms with E-state index < -0.39 is 0 Å². The predicted octanol–water partition coefficient (Wildman–Crippen LogP) is 2.56. The Kier molecular flexibility index (Phi) is 5.30. The Morgan fingerprint density at radius 2 is 1.62 bits per heavy atom. The summed E-state index contributed by atoms with van der Waals surface area (Å²) >= 11 is 0. The molecule has 0 atom stereocenters. The number of para-hydroxylation sites is 1. The van der Waals surface area contributed by atoms with Crippen molar-refractivity contribution in [1.82, 2.24) is 14.4 Å². The van der Waals surface area contributed by atoms with E-state index in [2.05, 4.69) is 16.0 Å². The SMILES string of the molecule is Cc1cc(CC(=O)N2CCN(C(=O)Nc3ccccc3)CC2)c(C)n1C. The summed E-state index contributed by atoms with van der Waals surface area (Å²) in [5, 5.41) is 2.89. The minimum absolute atomic E-state index is 0.113. The lowest BCUT2D eigenvalue weighted by Crippen LogP contribution is -2.52. The van der Waals surface area contributed by atoms with Gasteiger partial charge in [-0.1, -0.05) is 18.2 Å². The van der Waals surface area contributed by atoms with Gasteiger partial charge in [-0.3, -0.25) is 4.79 Å². The van der Waals surface area contributed by atoms with Gasteiger partial charge in [-0.15, -0.1) is 0 Å². The molecule has 6 nitrogen and oxygen atoms in total. The molecule has 0 spiro atoms. The molecular formula is C20H26N4O2. The first-order valence-electron chi connectivity index (χ1n) is 8.96. The normalized spacial score (nSPS) is 14.4. The molecule has 0 unspecified atom stereocenters. The van der Waals surface area contributed by atoms with Crippen LogP contribution in [0.3, 0.4) is 0 Å². The summed E-state index contributed by atoms with van der Waals surface area (Å²) in [4.78, 5) is 28.5. The fourth-order valence-electron chi connectivity index (χ4n) is 3.27. The number of nitrogens with zero attached hydrogens (tertiary/aromatic N) is 3. The number of anilines is 1. The maximum atomic E-state index is 12.6. The highest BCUT2D eigenvalue weighted by atomic mass is 16.2. The molecule has 0 bridgehead atoms. The van der Waals surface area contributed by atoms with Crippen LogP contribution in [-0.2, 0) is 18.3 Å². The van der Waals surface area contributed by atoms with Crippen LogP contribution in [-0.4, -0.2) is 52.5 Å². The van der Waals surface area contributed by atoms with E-state index in [4.69, 9.17) is 0 Å². The van der Waals surface area contributed by atoms with Crippen molar-refractivity contribution in [3.05, 3.63) is 53.3 Å². The first kappa shape index (κ1) is 18.0. The van der Waals surface area contributed by atoms with Crippen LogP contribution in [0, 0.1) is 13.8 Å². The second-order valence-electron chi connectivity index (χ2n) is 6.80. The maximum Gasteiger partial charge on any atom is 0.321 e. The van der Waals surface area contributed by atoms with Crippen molar-refractivity contribution < 1.29 is 9.59 Å². The van der Waals surface area contributed by atoms with Crippen LogP contribution in [0.15, 0.2) is 36.4 Å². The first-order valence-corrected chi connectivity index (χ1v) is 8.96. The van der Waals surface area contributed by atoms with E-state index in [1.54, 1.807) is 4.90 Å². The molecule has 3 rings (SSSR count). The third-order valence-electron chi connectivity index (χ3n) is 5.17. The molecular weight excluding hydrogens is 328 g/mol. The molecule has 1 saturated heterocycles. The Morgan fingerprint density at radius 1 is 1.00 bits per heavy atom. The smallest absolute Gasteiger partial charge is 0.321 e. The van der Waals surface area contributed by atoms with Gasteiger partial charge in [-0.05, 0) is 37.6 Å². The number of nitrogens with one attached hydrogen (secondary N) is 1. The van der Waals surface area contributed by atoms with E-state index in [1.807, 2.05) is 56.1 Å². The molecule has 1 fully saturated rings. The first-order chi connectivity index (χ1) is 12.5. The van der Waals surface area contributed by atoms with Gasteiger partial charge in [0, 0.05) is 50.3 Å². The number of carbonyl (C=O) groups excluding carboxylic acids is 2. The molecule has 1 aliphatic heterocycles. The minimum atomic E-state index is -0.113. The average Bonchev–Trinajstić information content (AvgIpc) is 2.89. The molecule has 0 radical (unpaired) electrons. The summed E-state index contributed by atoms with van der Waals surface area (Å²) in [6.45, 7) is 6.35. The minimum Gasteiger partial charge on any atom is -0.352 e. The molecule has 1 N–H and O–H groups in total. The summed E-state index contributed by atoms with van der Waals surface area (Å²) in [5.74, 6) is 0.127. The summed E-state index contributed by atoms with van der Waals surface area (Å²) in [5.41, 5.74) is 4.16. The quantitative estimate of drug-likeness (QED) is 0.921. The number of piperazine rings is 1. The summed E-state index contributed by atoms with van der Waals surface area (Å²) in [6, 6.07) is 11.4. The molecule has 2 aromatic rings. The molecule has 2 heterocycles. The number of carbonyl (C=O) groups is 2. The van der Waals surface area contributed by atoms with Gasteiger partial charge < -0.3 is 19.7 Å². The van der Waals surface area contributed by atoms with Crippen LogP contribution in [0.5, 0.6) is 0 Å². The lowest BCUT2D eigenvalue weighted by Gasteiger charge is -2.34. The second kappa shape index (κ2) is 7.64. The van der Waals surface area contributed by atoms with Crippen LogP contribution < -0.4 is 5.32 Å². The number of rotatable bonds is 3. The zero-order chi connectivity index (χ0) is 18.7. The Morgan fingerprint density at radius 3 is 2.19 bits per heavy atom. The molecule has 26 heavy (non-hydrogen) atoms. The van der Waals surface area contributed by atoms with Crippen molar-refractivity contribution in [3.63, 3.8) is 0 Å². The Balaban J connectivity index is 1.52. The lowest BCUT2D eigenvalue weighted by molar-refractivity contribution is -0.131. The van der Waals surface area contributed by atoms with Crippen molar-refractivity contribution in [2.45, 2.75) is 20.3 Å². The molecule has 1 aliphatic rings. The van der Waals surface area contributed by atoms with E-state index in [0.29, 0.717) is 32.6 Å². The second-order valence-corrected chi connectivity index (χ2v) is 6.80. The largest absolute Gasteiger partial charge is 0.352 e. The summed E-state index contributed by atoms with van der Waals surface area (Å²) in [7, 11) is 2.02. The van der Waals surface area contributed by atoms with E-state index in [1.165, 1.54) is 0 Å². The number of hydrogen-bond donors (Lipinski definition) is 1. The highest BCUT2D eigenvalue weighted by molar-refractivity contribution is 5.89. The molecule has 138 valence electrons. The van der Waals surface area contributed by atoms with Crippen molar-refractivity contribution >= 4 is 17.6 Å². The number of benzene rings is 1. The van der Waals surface area contributed by atoms with E-state index in [-0.39, 0.29) is 11.9 Å². The standard InChI is InChI=1S/C20H26N4O2/c1-15-13-17(16(2)22(15)3)14-19(25)23-9-11-24(12-10-23)20(26)21-18-7-5-4-6-8-18/h4-8,13H,9-12,14H2,1-3H3,(H,21,26). The molecule has 0 aliphatic carbocycles. The van der Waals surface area contributed by atoms with Gasteiger partial charge in [-0.2, -0.15) is 0 Å². The Labute approximate surface area is 154 Å². The molecule has 6 heteroatoms. The van der Waals surface area contributed by atoms with Crippen molar-refractivity contribution in [2.24, 2.45) is 7.05 Å². The van der Waals surface area contributed by atoms with Crippen LogP contribution in [0.1, 0.15) is 17.0 Å². The van der Waals surface area contributed by atoms with Gasteiger partial charge in [0.05, 0.1) is 6.42 Å². The van der Waals surface area contributed by atoms with Crippen molar-refractivity contribution in [2.75, 3.05) is 31.5 Å². The fourth-order valence-corrected chi connectivity index (χ4v) is 3.27. The van der Waals surface area contributed by atoms with Crippen molar-refractivity contribution in [1.29, 1.82) is 0 Å². The topological polar surface area (TPSA) is 57.6 Å². The highest BCUT2D eigenvalue weighted by Gasteiger charge is 2.24. The van der Waals surface area contributed by atoms with Gasteiger partial charge in [0.2, 0.25) is 5.91 Å². The van der Waals surface area contributed by atoms with Crippen LogP contribution >= 0.6 is 0 Å². The van der Waals surface area contributed by atoms with Gasteiger partial charge in [-0.25, -0.2) is 4.79 Å². The number of aryl methyl sites for hydroxylation is 1. The predicted molar refractivity (Wildman–Crippen MR) is 102 cm³/mol. The highest BCUT2D eigenvalue weighted by Crippen LogP contribution is 2.16. The number of aromatic nitrogens is 1.